The first-order valence-corrected chi connectivity index (χ1v) is 8.72. The van der Waals surface area contributed by atoms with E-state index in [-0.39, 0.29) is 17.6 Å². The van der Waals surface area contributed by atoms with Gasteiger partial charge in [-0.3, -0.25) is 4.79 Å². The highest BCUT2D eigenvalue weighted by Crippen LogP contribution is 2.33. The van der Waals surface area contributed by atoms with Crippen LogP contribution in [0.1, 0.15) is 27.6 Å². The minimum atomic E-state index is -0.00554. The van der Waals surface area contributed by atoms with Gasteiger partial charge in [0.05, 0.1) is 13.7 Å². The Morgan fingerprint density at radius 2 is 1.83 bits per heavy atom. The van der Waals surface area contributed by atoms with Crippen LogP contribution in [0.15, 0.2) is 48.5 Å². The lowest BCUT2D eigenvalue weighted by Gasteiger charge is -2.16. The van der Waals surface area contributed by atoms with Crippen LogP contribution in [0.5, 0.6) is 5.75 Å². The molecule has 122 valence electrons. The molecule has 0 amide bonds. The Balaban J connectivity index is 2.12. The number of aliphatic hydroxyl groups excluding tert-OH is 1. The van der Waals surface area contributed by atoms with Gasteiger partial charge in [0, 0.05) is 28.0 Å². The Hall–Kier alpha value is -1.49. The van der Waals surface area contributed by atoms with E-state index in [0.717, 1.165) is 11.3 Å². The summed E-state index contributed by atoms with van der Waals surface area (Å²) >= 11 is 7.50. The summed E-state index contributed by atoms with van der Waals surface area (Å²) in [5.74, 6) is 1.38. The van der Waals surface area contributed by atoms with E-state index in [9.17, 15) is 4.79 Å². The molecule has 0 aromatic heterocycles. The second-order valence-corrected chi connectivity index (χ2v) is 6.74. The van der Waals surface area contributed by atoms with Crippen molar-refractivity contribution in [1.82, 2.24) is 0 Å². The van der Waals surface area contributed by atoms with Crippen LogP contribution >= 0.6 is 23.4 Å². The number of halogens is 1. The molecule has 0 fully saturated rings. The summed E-state index contributed by atoms with van der Waals surface area (Å²) in [6, 6.07) is 14.6. The van der Waals surface area contributed by atoms with Gasteiger partial charge >= 0.3 is 0 Å². The van der Waals surface area contributed by atoms with Crippen molar-refractivity contribution in [2.24, 2.45) is 0 Å². The third kappa shape index (κ3) is 5.27. The van der Waals surface area contributed by atoms with Gasteiger partial charge in [0.2, 0.25) is 0 Å². The zero-order valence-corrected chi connectivity index (χ0v) is 14.4. The van der Waals surface area contributed by atoms with E-state index in [1.54, 1.807) is 43.1 Å². The van der Waals surface area contributed by atoms with Gasteiger partial charge in [-0.2, -0.15) is 11.8 Å². The first-order chi connectivity index (χ1) is 11.1. The van der Waals surface area contributed by atoms with Crippen molar-refractivity contribution in [2.45, 2.75) is 11.7 Å². The fourth-order valence-corrected chi connectivity index (χ4v) is 3.34. The zero-order chi connectivity index (χ0) is 16.7. The van der Waals surface area contributed by atoms with E-state index in [1.807, 2.05) is 24.3 Å². The van der Waals surface area contributed by atoms with Crippen molar-refractivity contribution < 1.29 is 14.6 Å². The largest absolute Gasteiger partial charge is 0.497 e. The van der Waals surface area contributed by atoms with Crippen molar-refractivity contribution in [3.8, 4) is 5.75 Å². The van der Waals surface area contributed by atoms with Crippen LogP contribution in [0, 0.1) is 0 Å². The summed E-state index contributed by atoms with van der Waals surface area (Å²) in [5, 5.41) is 9.74. The maximum absolute atomic E-state index is 12.5. The second kappa shape index (κ2) is 8.96. The molecule has 0 heterocycles. The third-order valence-electron chi connectivity index (χ3n) is 3.43. The maximum atomic E-state index is 12.5. The molecule has 3 nitrogen and oxygen atoms in total. The molecule has 2 rings (SSSR count). The minimum absolute atomic E-state index is 0.00554. The van der Waals surface area contributed by atoms with Crippen LogP contribution in [0.2, 0.25) is 5.02 Å². The molecule has 0 spiro atoms. The molecule has 1 N–H and O–H groups in total. The number of thioether (sulfide) groups is 1. The molecule has 0 saturated heterocycles. The standard InChI is InChI=1S/C18H19ClO3S/c1-22-16-8-4-13(5-9-16)17(21)12-18(23-11-10-20)14-2-6-15(19)7-3-14/h2-9,18,20H,10-12H2,1H3/t18-/m0/s1. The highest BCUT2D eigenvalue weighted by atomic mass is 35.5. The predicted molar refractivity (Wildman–Crippen MR) is 95.7 cm³/mol. The van der Waals surface area contributed by atoms with Gasteiger partial charge < -0.3 is 9.84 Å². The topological polar surface area (TPSA) is 46.5 Å². The Labute approximate surface area is 145 Å². The fraction of sp³-hybridized carbons (Fsp3) is 0.278. The van der Waals surface area contributed by atoms with Gasteiger partial charge in [0.15, 0.2) is 5.78 Å². The molecule has 0 bridgehead atoms. The number of aliphatic hydroxyl groups is 1. The summed E-state index contributed by atoms with van der Waals surface area (Å²) in [6.45, 7) is 0.0888. The number of hydrogen-bond acceptors (Lipinski definition) is 4. The van der Waals surface area contributed by atoms with Crippen molar-refractivity contribution in [3.05, 3.63) is 64.7 Å². The first kappa shape index (κ1) is 17.9. The van der Waals surface area contributed by atoms with Crippen LogP contribution in [-0.4, -0.2) is 30.4 Å². The Morgan fingerprint density at radius 3 is 2.39 bits per heavy atom. The molecule has 0 unspecified atom stereocenters. The van der Waals surface area contributed by atoms with Crippen LogP contribution < -0.4 is 4.74 Å². The van der Waals surface area contributed by atoms with Gasteiger partial charge in [0.1, 0.15) is 5.75 Å². The number of carbonyl (C=O) groups excluding carboxylic acids is 1. The highest BCUT2D eigenvalue weighted by molar-refractivity contribution is 7.99. The van der Waals surface area contributed by atoms with Gasteiger partial charge in [-0.15, -0.1) is 0 Å². The third-order valence-corrected chi connectivity index (χ3v) is 4.95. The zero-order valence-electron chi connectivity index (χ0n) is 12.9. The average molecular weight is 351 g/mol. The van der Waals surface area contributed by atoms with Crippen molar-refractivity contribution in [2.75, 3.05) is 19.5 Å². The molecule has 1 atom stereocenters. The predicted octanol–water partition coefficient (Wildman–Crippen LogP) is 4.39. The summed E-state index contributed by atoms with van der Waals surface area (Å²) < 4.78 is 5.11. The van der Waals surface area contributed by atoms with E-state index in [2.05, 4.69) is 0 Å². The molecular weight excluding hydrogens is 332 g/mol. The second-order valence-electron chi connectivity index (χ2n) is 4.99. The minimum Gasteiger partial charge on any atom is -0.497 e. The Bertz CT molecular complexity index is 626. The lowest BCUT2D eigenvalue weighted by Crippen LogP contribution is -2.07. The number of hydrogen-bond donors (Lipinski definition) is 1. The van der Waals surface area contributed by atoms with Crippen LogP contribution in [0.25, 0.3) is 0 Å². The maximum Gasteiger partial charge on any atom is 0.164 e. The summed E-state index contributed by atoms with van der Waals surface area (Å²) in [4.78, 5) is 12.5. The van der Waals surface area contributed by atoms with E-state index >= 15 is 0 Å². The summed E-state index contributed by atoms with van der Waals surface area (Å²) in [6.07, 6.45) is 0.374. The van der Waals surface area contributed by atoms with E-state index in [0.29, 0.717) is 22.8 Å². The van der Waals surface area contributed by atoms with Crippen molar-refractivity contribution >= 4 is 29.1 Å². The molecule has 0 radical (unpaired) electrons. The number of methoxy groups -OCH3 is 1. The molecule has 2 aromatic rings. The van der Waals surface area contributed by atoms with Gasteiger partial charge in [0.25, 0.3) is 0 Å². The van der Waals surface area contributed by atoms with Crippen LogP contribution in [0.4, 0.5) is 0 Å². The van der Waals surface area contributed by atoms with Crippen LogP contribution in [0.3, 0.4) is 0 Å². The quantitative estimate of drug-likeness (QED) is 0.717. The number of ketones is 1. The molecule has 5 heteroatoms. The van der Waals surface area contributed by atoms with Crippen LogP contribution in [-0.2, 0) is 0 Å². The number of ether oxygens (including phenoxy) is 1. The number of rotatable bonds is 8. The molecule has 23 heavy (non-hydrogen) atoms. The molecule has 2 aromatic carbocycles. The lowest BCUT2D eigenvalue weighted by atomic mass is 10.0. The number of carbonyl (C=O) groups is 1. The first-order valence-electron chi connectivity index (χ1n) is 7.29. The SMILES string of the molecule is COc1ccc(C(=O)C[C@H](SCCO)c2ccc(Cl)cc2)cc1. The number of Topliss-reactive ketones (excluding diaryl/α,β-unsaturated/α-hetero) is 1. The van der Waals surface area contributed by atoms with Gasteiger partial charge in [-0.25, -0.2) is 0 Å². The number of benzene rings is 2. The average Bonchev–Trinajstić information content (AvgIpc) is 2.59. The smallest absolute Gasteiger partial charge is 0.164 e. The molecule has 0 aliphatic rings. The van der Waals surface area contributed by atoms with E-state index in [1.165, 1.54) is 0 Å². The Morgan fingerprint density at radius 1 is 1.17 bits per heavy atom. The molecule has 0 aliphatic carbocycles. The molecular formula is C18H19ClO3S. The monoisotopic (exact) mass is 350 g/mol. The molecule has 0 saturated carbocycles. The molecule has 0 aliphatic heterocycles. The Kier molecular flexibility index (Phi) is 6.96. The fourth-order valence-electron chi connectivity index (χ4n) is 2.21. The van der Waals surface area contributed by atoms with E-state index < -0.39 is 0 Å². The van der Waals surface area contributed by atoms with Gasteiger partial charge in [-0.05, 0) is 42.0 Å². The van der Waals surface area contributed by atoms with Crippen molar-refractivity contribution in [1.29, 1.82) is 0 Å². The lowest BCUT2D eigenvalue weighted by molar-refractivity contribution is 0.0982. The highest BCUT2D eigenvalue weighted by Gasteiger charge is 2.18. The summed E-state index contributed by atoms with van der Waals surface area (Å²) in [5.41, 5.74) is 1.70. The normalized spacial score (nSPS) is 12.0. The summed E-state index contributed by atoms with van der Waals surface area (Å²) in [7, 11) is 1.60. The van der Waals surface area contributed by atoms with E-state index in [4.69, 9.17) is 21.4 Å². The van der Waals surface area contributed by atoms with Gasteiger partial charge in [-0.1, -0.05) is 23.7 Å². The van der Waals surface area contributed by atoms with Crippen molar-refractivity contribution in [3.63, 3.8) is 0 Å².